The normalized spacial score (nSPS) is 17.9. The molecule has 150 valence electrons. The van der Waals surface area contributed by atoms with Crippen LogP contribution in [-0.4, -0.2) is 32.2 Å². The number of nitrogens with one attached hydrogen (secondary N) is 1. The topological polar surface area (TPSA) is 93.2 Å². The van der Waals surface area contributed by atoms with Crippen LogP contribution in [0.2, 0.25) is 0 Å². The molecule has 1 aromatic heterocycles. The fraction of sp³-hybridized carbons (Fsp3) is 0.350. The van der Waals surface area contributed by atoms with Gasteiger partial charge in [0, 0.05) is 25.2 Å². The fourth-order valence-electron chi connectivity index (χ4n) is 3.29. The molecule has 0 bridgehead atoms. The average molecular weight is 405 g/mol. The molecule has 0 fully saturated rings. The highest BCUT2D eigenvalue weighted by molar-refractivity contribution is 7.86. The summed E-state index contributed by atoms with van der Waals surface area (Å²) in [4.78, 5) is 0.297. The Morgan fingerprint density at radius 3 is 2.93 bits per heavy atom. The molecule has 0 saturated heterocycles. The summed E-state index contributed by atoms with van der Waals surface area (Å²) in [6.07, 6.45) is 3.90. The van der Waals surface area contributed by atoms with Gasteiger partial charge in [0.25, 0.3) is 0 Å². The van der Waals surface area contributed by atoms with Crippen LogP contribution in [0.25, 0.3) is 0 Å². The molecule has 2 atom stereocenters. The minimum atomic E-state index is -1.70. The van der Waals surface area contributed by atoms with Gasteiger partial charge >= 0.3 is 0 Å². The van der Waals surface area contributed by atoms with E-state index in [4.69, 9.17) is 10.2 Å². The molecule has 4 N–H and O–H groups in total. The number of benzene rings is 1. The van der Waals surface area contributed by atoms with Crippen molar-refractivity contribution in [2.24, 2.45) is 5.14 Å². The molecular formula is C20H25FN4O2S. The highest BCUT2D eigenvalue weighted by Gasteiger charge is 2.25. The van der Waals surface area contributed by atoms with Gasteiger partial charge in [-0.25, -0.2) is 13.7 Å². The summed E-state index contributed by atoms with van der Waals surface area (Å²) < 4.78 is 27.9. The largest absolute Gasteiger partial charge is 0.395 e. The van der Waals surface area contributed by atoms with Crippen molar-refractivity contribution >= 4 is 11.0 Å². The van der Waals surface area contributed by atoms with Gasteiger partial charge in [-0.1, -0.05) is 35.9 Å². The maximum Gasteiger partial charge on any atom is 0.126 e. The Balaban J connectivity index is 1.90. The lowest BCUT2D eigenvalue weighted by molar-refractivity contribution is 0.291. The number of hydrogen-bond donors (Lipinski definition) is 3. The molecule has 28 heavy (non-hydrogen) atoms. The molecule has 1 aliphatic rings. The first-order valence-corrected chi connectivity index (χ1v) is 10.4. The van der Waals surface area contributed by atoms with E-state index in [2.05, 4.69) is 16.5 Å². The summed E-state index contributed by atoms with van der Waals surface area (Å²) in [5.74, 6) is -0.403. The number of hydrogen-bond acceptors (Lipinski definition) is 4. The Labute approximate surface area is 166 Å². The van der Waals surface area contributed by atoms with Crippen LogP contribution in [0.15, 0.2) is 53.2 Å². The van der Waals surface area contributed by atoms with Crippen LogP contribution in [-0.2, 0) is 24.0 Å². The average Bonchev–Trinajstić information content (AvgIpc) is 3.04. The second kappa shape index (κ2) is 9.38. The van der Waals surface area contributed by atoms with Gasteiger partial charge in [-0.05, 0) is 31.1 Å². The molecule has 1 aliphatic carbocycles. The summed E-state index contributed by atoms with van der Waals surface area (Å²) >= 11 is 0. The summed E-state index contributed by atoms with van der Waals surface area (Å²) in [5, 5.41) is 22.0. The number of nitrogens with zero attached hydrogens (tertiary/aromatic N) is 2. The molecule has 0 spiro atoms. The first kappa shape index (κ1) is 20.6. The molecule has 0 amide bonds. The quantitative estimate of drug-likeness (QED) is 0.588. The van der Waals surface area contributed by atoms with Crippen LogP contribution in [0.3, 0.4) is 0 Å². The van der Waals surface area contributed by atoms with E-state index in [1.54, 1.807) is 10.8 Å². The molecule has 3 rings (SSSR count). The molecular weight excluding hydrogens is 379 g/mol. The maximum absolute atomic E-state index is 14.8. The number of aromatic nitrogens is 2. The first-order valence-electron chi connectivity index (χ1n) is 9.15. The highest BCUT2D eigenvalue weighted by atomic mass is 32.2. The van der Waals surface area contributed by atoms with E-state index in [9.17, 15) is 8.60 Å². The van der Waals surface area contributed by atoms with Crippen molar-refractivity contribution in [2.45, 2.75) is 32.4 Å². The third-order valence-corrected chi connectivity index (χ3v) is 5.34. The molecule has 0 aliphatic heterocycles. The van der Waals surface area contributed by atoms with Crippen LogP contribution < -0.4 is 10.5 Å². The number of allylic oxidation sites excluding steroid dienone is 3. The highest BCUT2D eigenvalue weighted by Crippen LogP contribution is 2.31. The minimum absolute atomic E-state index is 0.0423. The van der Waals surface area contributed by atoms with Crippen molar-refractivity contribution < 1.29 is 13.7 Å². The summed E-state index contributed by atoms with van der Waals surface area (Å²) in [6.45, 7) is 3.03. The Morgan fingerprint density at radius 1 is 1.43 bits per heavy atom. The number of aryl methyl sites for hydroxylation is 1. The Morgan fingerprint density at radius 2 is 2.25 bits per heavy atom. The van der Waals surface area contributed by atoms with Gasteiger partial charge in [0.05, 0.1) is 17.2 Å². The molecule has 1 heterocycles. The third kappa shape index (κ3) is 5.02. The van der Waals surface area contributed by atoms with E-state index in [1.807, 2.05) is 31.2 Å². The molecule has 6 nitrogen and oxygen atoms in total. The number of rotatable bonds is 8. The van der Waals surface area contributed by atoms with Crippen molar-refractivity contribution in [3.05, 3.63) is 75.7 Å². The summed E-state index contributed by atoms with van der Waals surface area (Å²) in [6, 6.07) is 9.55. The zero-order valence-corrected chi connectivity index (χ0v) is 16.6. The standard InChI is InChI=1S/C20H25FN4O2S/c1-14-3-2-4-15(9-14)10-17-11-16(13-23-7-8-26)24-25(17)20-6-5-18(28(22)27)12-19(20)21/h2-5,9,11-12,20,23,26H,6-8,10,13,22H2,1H3. The summed E-state index contributed by atoms with van der Waals surface area (Å²) in [7, 11) is -1.70. The summed E-state index contributed by atoms with van der Waals surface area (Å²) in [5.41, 5.74) is 3.96. The van der Waals surface area contributed by atoms with Crippen molar-refractivity contribution in [2.75, 3.05) is 13.2 Å². The molecule has 2 aromatic rings. The van der Waals surface area contributed by atoms with Gasteiger partial charge in [0.15, 0.2) is 0 Å². The predicted octanol–water partition coefficient (Wildman–Crippen LogP) is 2.17. The van der Waals surface area contributed by atoms with E-state index in [1.165, 1.54) is 6.08 Å². The third-order valence-electron chi connectivity index (χ3n) is 4.59. The van der Waals surface area contributed by atoms with E-state index in [0.29, 0.717) is 30.8 Å². The second-order valence-corrected chi connectivity index (χ2v) is 7.89. The van der Waals surface area contributed by atoms with E-state index in [-0.39, 0.29) is 6.61 Å². The Kier molecular flexibility index (Phi) is 6.90. The first-order chi connectivity index (χ1) is 13.5. The van der Waals surface area contributed by atoms with Crippen LogP contribution in [0, 0.1) is 6.92 Å². The van der Waals surface area contributed by atoms with Crippen LogP contribution in [0.1, 0.15) is 35.0 Å². The number of nitrogens with two attached hydrogens (primary N) is 1. The maximum atomic E-state index is 14.8. The lowest BCUT2D eigenvalue weighted by atomic mass is 10.0. The number of aliphatic hydroxyl groups excluding tert-OH is 1. The van der Waals surface area contributed by atoms with Gasteiger partial charge in [-0.2, -0.15) is 5.10 Å². The van der Waals surface area contributed by atoms with Gasteiger partial charge < -0.3 is 10.4 Å². The number of aliphatic hydroxyl groups is 1. The van der Waals surface area contributed by atoms with Crippen molar-refractivity contribution in [3.63, 3.8) is 0 Å². The van der Waals surface area contributed by atoms with Crippen LogP contribution in [0.4, 0.5) is 4.39 Å². The monoisotopic (exact) mass is 404 g/mol. The Bertz CT molecular complexity index is 923. The van der Waals surface area contributed by atoms with Crippen LogP contribution >= 0.6 is 0 Å². The molecule has 0 saturated carbocycles. The lowest BCUT2D eigenvalue weighted by Crippen LogP contribution is -2.20. The molecule has 1 aromatic carbocycles. The molecule has 2 unspecified atom stereocenters. The number of halogens is 1. The predicted molar refractivity (Wildman–Crippen MR) is 108 cm³/mol. The van der Waals surface area contributed by atoms with Gasteiger partial charge in [0.2, 0.25) is 0 Å². The second-order valence-electron chi connectivity index (χ2n) is 6.82. The smallest absolute Gasteiger partial charge is 0.126 e. The molecule has 0 radical (unpaired) electrons. The SMILES string of the molecule is Cc1cccc(Cc2cc(CNCCO)nn2C2CC=C(S(N)=O)C=C2F)c1. The lowest BCUT2D eigenvalue weighted by Gasteiger charge is -2.21. The fourth-order valence-corrected chi connectivity index (χ4v) is 3.78. The van der Waals surface area contributed by atoms with Crippen molar-refractivity contribution in [1.82, 2.24) is 15.1 Å². The van der Waals surface area contributed by atoms with Crippen LogP contribution in [0.5, 0.6) is 0 Å². The minimum Gasteiger partial charge on any atom is -0.395 e. The van der Waals surface area contributed by atoms with Crippen molar-refractivity contribution in [1.29, 1.82) is 0 Å². The van der Waals surface area contributed by atoms with E-state index < -0.39 is 22.9 Å². The molecule has 8 heteroatoms. The van der Waals surface area contributed by atoms with E-state index >= 15 is 0 Å². The van der Waals surface area contributed by atoms with E-state index in [0.717, 1.165) is 22.5 Å². The Hall–Kier alpha value is -2.13. The zero-order valence-electron chi connectivity index (χ0n) is 15.8. The van der Waals surface area contributed by atoms with Gasteiger partial charge in [0.1, 0.15) is 22.9 Å². The van der Waals surface area contributed by atoms with Gasteiger partial charge in [-0.15, -0.1) is 0 Å². The van der Waals surface area contributed by atoms with Crippen molar-refractivity contribution in [3.8, 4) is 0 Å². The zero-order chi connectivity index (χ0) is 20.1. The van der Waals surface area contributed by atoms with Gasteiger partial charge in [-0.3, -0.25) is 4.68 Å².